The van der Waals surface area contributed by atoms with Gasteiger partial charge in [0.25, 0.3) is 0 Å². The zero-order valence-electron chi connectivity index (χ0n) is 10.4. The van der Waals surface area contributed by atoms with Gasteiger partial charge < -0.3 is 10.1 Å². The number of anilines is 1. The number of carbonyl (C=O) groups excluding carboxylic acids is 1. The normalized spacial score (nSPS) is 24.6. The molecule has 0 bridgehead atoms. The van der Waals surface area contributed by atoms with Crippen molar-refractivity contribution in [3.05, 3.63) is 29.8 Å². The van der Waals surface area contributed by atoms with E-state index >= 15 is 0 Å². The van der Waals surface area contributed by atoms with E-state index in [1.165, 1.54) is 0 Å². The molecule has 0 saturated carbocycles. The molecule has 2 heterocycles. The van der Waals surface area contributed by atoms with Crippen molar-refractivity contribution in [1.29, 1.82) is 0 Å². The number of nitrogens with one attached hydrogen (secondary N) is 1. The number of hydrogen-bond acceptors (Lipinski definition) is 3. The van der Waals surface area contributed by atoms with E-state index < -0.39 is 0 Å². The van der Waals surface area contributed by atoms with Gasteiger partial charge in [-0.05, 0) is 18.6 Å². The molecule has 1 N–H and O–H groups in total. The lowest BCUT2D eigenvalue weighted by atomic mass is 10.0. The second-order valence-electron chi connectivity index (χ2n) is 4.60. The van der Waals surface area contributed by atoms with Crippen LogP contribution in [0.1, 0.15) is 18.5 Å². The molecule has 0 aromatic heterocycles. The lowest BCUT2D eigenvalue weighted by Crippen LogP contribution is -2.55. The van der Waals surface area contributed by atoms with E-state index in [1.54, 1.807) is 0 Å². The minimum Gasteiger partial charge on any atom is -0.379 e. The first-order valence-electron chi connectivity index (χ1n) is 6.29. The maximum absolute atomic E-state index is 12.2. The fourth-order valence-electron chi connectivity index (χ4n) is 2.60. The van der Waals surface area contributed by atoms with Crippen LogP contribution in [0, 0.1) is 0 Å². The van der Waals surface area contributed by atoms with Gasteiger partial charge in [-0.25, -0.2) is 14.8 Å². The van der Waals surface area contributed by atoms with Crippen molar-refractivity contribution in [1.82, 2.24) is 10.0 Å². The number of morpholine rings is 1. The van der Waals surface area contributed by atoms with Crippen LogP contribution in [0.4, 0.5) is 10.5 Å². The Labute approximate surface area is 106 Å². The number of urea groups is 1. The number of nitrogens with zero attached hydrogens (tertiary/aromatic N) is 2. The van der Waals surface area contributed by atoms with Crippen LogP contribution in [0.25, 0.3) is 0 Å². The first-order valence-corrected chi connectivity index (χ1v) is 6.29. The molecule has 1 atom stereocenters. The molecule has 2 aliphatic heterocycles. The summed E-state index contributed by atoms with van der Waals surface area (Å²) in [7, 11) is 0. The molecule has 1 saturated heterocycles. The van der Waals surface area contributed by atoms with Gasteiger partial charge >= 0.3 is 6.03 Å². The summed E-state index contributed by atoms with van der Waals surface area (Å²) in [6, 6.07) is 7.96. The van der Waals surface area contributed by atoms with Crippen molar-refractivity contribution >= 4 is 11.7 Å². The Morgan fingerprint density at radius 1 is 1.28 bits per heavy atom. The number of hydrogen-bond donors (Lipinski definition) is 1. The van der Waals surface area contributed by atoms with Crippen LogP contribution in [0.3, 0.4) is 0 Å². The average Bonchev–Trinajstić information content (AvgIpc) is 2.40. The van der Waals surface area contributed by atoms with Crippen LogP contribution in [0.5, 0.6) is 0 Å². The molecule has 2 amide bonds. The third-order valence-electron chi connectivity index (χ3n) is 3.52. The molecule has 5 heteroatoms. The summed E-state index contributed by atoms with van der Waals surface area (Å²) in [5, 5.41) is 6.82. The fourth-order valence-corrected chi connectivity index (χ4v) is 2.60. The smallest absolute Gasteiger partial charge is 0.336 e. The van der Waals surface area contributed by atoms with Crippen molar-refractivity contribution in [2.24, 2.45) is 0 Å². The van der Waals surface area contributed by atoms with E-state index in [0.717, 1.165) is 24.3 Å². The highest BCUT2D eigenvalue weighted by Crippen LogP contribution is 2.33. The molecular formula is C13H17N3O2. The number of rotatable bonds is 1. The van der Waals surface area contributed by atoms with Gasteiger partial charge in [-0.2, -0.15) is 0 Å². The summed E-state index contributed by atoms with van der Waals surface area (Å²) in [4.78, 5) is 12.2. The molecule has 5 nitrogen and oxygen atoms in total. The minimum absolute atomic E-state index is 0.0527. The SMILES string of the molecule is C[C@@H]1c2ccccc2NC(=O)N1N1CCOCC1. The number of benzene rings is 1. The Morgan fingerprint density at radius 3 is 2.78 bits per heavy atom. The van der Waals surface area contributed by atoms with E-state index in [9.17, 15) is 4.79 Å². The van der Waals surface area contributed by atoms with Crippen LogP contribution in [-0.4, -0.2) is 42.4 Å². The zero-order chi connectivity index (χ0) is 12.5. The molecule has 0 spiro atoms. The Morgan fingerprint density at radius 2 is 2.00 bits per heavy atom. The first kappa shape index (κ1) is 11.5. The average molecular weight is 247 g/mol. The third kappa shape index (κ3) is 1.85. The molecule has 3 rings (SSSR count). The van der Waals surface area contributed by atoms with Crippen LogP contribution in [-0.2, 0) is 4.74 Å². The molecular weight excluding hydrogens is 230 g/mol. The van der Waals surface area contributed by atoms with Crippen molar-refractivity contribution in [2.45, 2.75) is 13.0 Å². The van der Waals surface area contributed by atoms with Crippen LogP contribution >= 0.6 is 0 Å². The number of fused-ring (bicyclic) bond motifs is 1. The molecule has 0 radical (unpaired) electrons. The highest BCUT2D eigenvalue weighted by atomic mass is 16.5. The standard InChI is InChI=1S/C13H17N3O2/c1-10-11-4-2-3-5-12(11)14-13(17)16(10)15-6-8-18-9-7-15/h2-5,10H,6-9H2,1H3,(H,14,17)/t10-/m1/s1. The molecule has 96 valence electrons. The summed E-state index contributed by atoms with van der Waals surface area (Å²) < 4.78 is 5.33. The summed E-state index contributed by atoms with van der Waals surface area (Å²) in [5.74, 6) is 0. The number of hydrazine groups is 1. The summed E-state index contributed by atoms with van der Waals surface area (Å²) in [5.41, 5.74) is 2.07. The highest BCUT2D eigenvalue weighted by Gasteiger charge is 2.33. The number of para-hydroxylation sites is 1. The Hall–Kier alpha value is -1.59. The molecule has 18 heavy (non-hydrogen) atoms. The van der Waals surface area contributed by atoms with Gasteiger partial charge in [0.05, 0.1) is 19.3 Å². The Kier molecular flexibility index (Phi) is 2.93. The number of ether oxygens (including phenoxy) is 1. The second kappa shape index (κ2) is 4.59. The fraction of sp³-hybridized carbons (Fsp3) is 0.462. The first-order chi connectivity index (χ1) is 8.77. The van der Waals surface area contributed by atoms with Crippen molar-refractivity contribution < 1.29 is 9.53 Å². The lowest BCUT2D eigenvalue weighted by Gasteiger charge is -2.43. The predicted octanol–water partition coefficient (Wildman–Crippen LogP) is 1.84. The van der Waals surface area contributed by atoms with E-state index in [0.29, 0.717) is 13.2 Å². The third-order valence-corrected chi connectivity index (χ3v) is 3.52. The molecule has 1 aromatic rings. The van der Waals surface area contributed by atoms with E-state index in [2.05, 4.69) is 23.3 Å². The van der Waals surface area contributed by atoms with Gasteiger partial charge in [0.15, 0.2) is 0 Å². The van der Waals surface area contributed by atoms with Gasteiger partial charge in [-0.3, -0.25) is 0 Å². The highest BCUT2D eigenvalue weighted by molar-refractivity contribution is 5.92. The van der Waals surface area contributed by atoms with E-state index in [-0.39, 0.29) is 12.1 Å². The molecule has 0 aliphatic carbocycles. The van der Waals surface area contributed by atoms with Crippen molar-refractivity contribution in [3.63, 3.8) is 0 Å². The summed E-state index contributed by atoms with van der Waals surface area (Å²) >= 11 is 0. The lowest BCUT2D eigenvalue weighted by molar-refractivity contribution is -0.0783. The molecule has 1 fully saturated rings. The predicted molar refractivity (Wildman–Crippen MR) is 68.1 cm³/mol. The quantitative estimate of drug-likeness (QED) is 0.823. The second-order valence-corrected chi connectivity index (χ2v) is 4.60. The number of carbonyl (C=O) groups is 1. The largest absolute Gasteiger partial charge is 0.379 e. The van der Waals surface area contributed by atoms with Crippen LogP contribution in [0.15, 0.2) is 24.3 Å². The van der Waals surface area contributed by atoms with E-state index in [4.69, 9.17) is 4.74 Å². The molecule has 0 unspecified atom stereocenters. The van der Waals surface area contributed by atoms with E-state index in [1.807, 2.05) is 23.2 Å². The molecule has 1 aromatic carbocycles. The topological polar surface area (TPSA) is 44.8 Å². The van der Waals surface area contributed by atoms with Crippen LogP contribution in [0.2, 0.25) is 0 Å². The Balaban J connectivity index is 1.90. The summed E-state index contributed by atoms with van der Waals surface area (Å²) in [6.07, 6.45) is 0. The maximum atomic E-state index is 12.2. The monoisotopic (exact) mass is 247 g/mol. The van der Waals surface area contributed by atoms with Gasteiger partial charge in [-0.1, -0.05) is 18.2 Å². The van der Waals surface area contributed by atoms with Crippen LogP contribution < -0.4 is 5.32 Å². The maximum Gasteiger partial charge on any atom is 0.336 e. The van der Waals surface area contributed by atoms with Crippen molar-refractivity contribution in [2.75, 3.05) is 31.6 Å². The minimum atomic E-state index is -0.0527. The zero-order valence-corrected chi connectivity index (χ0v) is 10.4. The van der Waals surface area contributed by atoms with Gasteiger partial charge in [-0.15, -0.1) is 0 Å². The number of amides is 2. The van der Waals surface area contributed by atoms with Gasteiger partial charge in [0.1, 0.15) is 0 Å². The Bertz CT molecular complexity index is 457. The van der Waals surface area contributed by atoms with Crippen molar-refractivity contribution in [3.8, 4) is 0 Å². The van der Waals surface area contributed by atoms with Gasteiger partial charge in [0.2, 0.25) is 0 Å². The van der Waals surface area contributed by atoms with Gasteiger partial charge in [0, 0.05) is 18.8 Å². The summed E-state index contributed by atoms with van der Waals surface area (Å²) in [6.45, 7) is 4.95. The molecule has 2 aliphatic rings.